The van der Waals surface area contributed by atoms with Gasteiger partial charge in [-0.2, -0.15) is 0 Å². The van der Waals surface area contributed by atoms with E-state index in [4.69, 9.17) is 0 Å². The number of anilines is 1. The summed E-state index contributed by atoms with van der Waals surface area (Å²) in [4.78, 5) is 14.8. The van der Waals surface area contributed by atoms with Crippen molar-refractivity contribution in [2.75, 3.05) is 17.2 Å². The van der Waals surface area contributed by atoms with Gasteiger partial charge in [-0.05, 0) is 42.3 Å². The summed E-state index contributed by atoms with van der Waals surface area (Å²) in [7, 11) is 0. The van der Waals surface area contributed by atoms with Crippen LogP contribution in [0.5, 0.6) is 5.75 Å². The van der Waals surface area contributed by atoms with Gasteiger partial charge < -0.3 is 10.0 Å². The van der Waals surface area contributed by atoms with Gasteiger partial charge in [-0.1, -0.05) is 60.3 Å². The van der Waals surface area contributed by atoms with Crippen molar-refractivity contribution in [3.05, 3.63) is 84.4 Å². The minimum atomic E-state index is 0.0432. The maximum atomic E-state index is 13.0. The molecule has 0 fully saturated rings. The first kappa shape index (κ1) is 19.4. The molecule has 1 aliphatic rings. The zero-order chi connectivity index (χ0) is 21.2. The van der Waals surface area contributed by atoms with Crippen LogP contribution in [0, 0.1) is 0 Å². The van der Waals surface area contributed by atoms with Crippen LogP contribution in [0.4, 0.5) is 5.69 Å². The number of carbonyl (C=O) groups excluding carboxylic acids is 1. The van der Waals surface area contributed by atoms with Crippen molar-refractivity contribution in [1.29, 1.82) is 0 Å². The molecule has 5 rings (SSSR count). The van der Waals surface area contributed by atoms with Gasteiger partial charge in [-0.25, -0.2) is 0 Å². The molecule has 0 radical (unpaired) electrons. The topological polar surface area (TPSA) is 71.2 Å². The number of phenolic OH excluding ortho intramolecular Hbond substituents is 1. The van der Waals surface area contributed by atoms with E-state index < -0.39 is 0 Å². The van der Waals surface area contributed by atoms with Crippen molar-refractivity contribution < 1.29 is 9.90 Å². The van der Waals surface area contributed by atoms with Gasteiger partial charge in [0.1, 0.15) is 5.75 Å². The third kappa shape index (κ3) is 3.68. The summed E-state index contributed by atoms with van der Waals surface area (Å²) in [6, 6.07) is 24.8. The van der Waals surface area contributed by atoms with E-state index in [1.807, 2.05) is 64.1 Å². The number of fused-ring (bicyclic) bond motifs is 1. The molecule has 2 heterocycles. The normalized spacial score (nSPS) is 12.7. The molecule has 31 heavy (non-hydrogen) atoms. The highest BCUT2D eigenvalue weighted by atomic mass is 32.2. The third-order valence-electron chi connectivity index (χ3n) is 5.31. The smallest absolute Gasteiger partial charge is 0.237 e. The molecule has 3 aromatic carbocycles. The van der Waals surface area contributed by atoms with Crippen molar-refractivity contribution in [3.63, 3.8) is 0 Å². The summed E-state index contributed by atoms with van der Waals surface area (Å²) in [5.74, 6) is 0.959. The summed E-state index contributed by atoms with van der Waals surface area (Å²) in [6.07, 6.45) is 0.879. The molecule has 0 aliphatic carbocycles. The molecule has 1 N–H and O–H groups in total. The number of para-hydroxylation sites is 3. The van der Waals surface area contributed by atoms with E-state index in [9.17, 15) is 9.90 Å². The molecule has 0 unspecified atom stereocenters. The second-order valence-corrected chi connectivity index (χ2v) is 8.15. The summed E-state index contributed by atoms with van der Waals surface area (Å²) in [5.41, 5.74) is 3.65. The van der Waals surface area contributed by atoms with Gasteiger partial charge in [-0.3, -0.25) is 9.36 Å². The molecule has 0 saturated heterocycles. The zero-order valence-corrected chi connectivity index (χ0v) is 17.5. The van der Waals surface area contributed by atoms with E-state index in [1.54, 1.807) is 18.2 Å². The molecule has 1 aromatic heterocycles. The molecule has 0 spiro atoms. The number of nitrogens with zero attached hydrogens (tertiary/aromatic N) is 4. The average Bonchev–Trinajstić information content (AvgIpc) is 3.43. The summed E-state index contributed by atoms with van der Waals surface area (Å²) in [5, 5.41) is 19.6. The molecular weight excluding hydrogens is 408 g/mol. The highest BCUT2D eigenvalue weighted by Crippen LogP contribution is 2.33. The lowest BCUT2D eigenvalue weighted by atomic mass is 10.2. The van der Waals surface area contributed by atoms with Crippen molar-refractivity contribution in [2.24, 2.45) is 0 Å². The van der Waals surface area contributed by atoms with E-state index in [-0.39, 0.29) is 17.4 Å². The number of aromatic hydroxyl groups is 1. The lowest BCUT2D eigenvalue weighted by Crippen LogP contribution is -2.30. The Hall–Kier alpha value is -3.58. The SMILES string of the molecule is O=C(CSc1nnc(-c2ccccc2O)n1-c1ccccc1)N1CCc2ccccc21. The Morgan fingerprint density at radius 2 is 1.68 bits per heavy atom. The standard InChI is InChI=1S/C24H20N4O2S/c29-21-13-7-5-11-19(21)23-25-26-24(28(23)18-9-2-1-3-10-18)31-16-22(30)27-15-14-17-8-4-6-12-20(17)27/h1-13,29H,14-16H2. The van der Waals surface area contributed by atoms with Crippen LogP contribution in [0.2, 0.25) is 0 Å². The Morgan fingerprint density at radius 3 is 2.52 bits per heavy atom. The summed E-state index contributed by atoms with van der Waals surface area (Å²) in [6.45, 7) is 0.702. The fourth-order valence-electron chi connectivity index (χ4n) is 3.81. The summed E-state index contributed by atoms with van der Waals surface area (Å²) < 4.78 is 1.88. The number of thioether (sulfide) groups is 1. The molecular formula is C24H20N4O2S. The van der Waals surface area contributed by atoms with Crippen LogP contribution in [0.3, 0.4) is 0 Å². The molecule has 7 heteroatoms. The monoisotopic (exact) mass is 428 g/mol. The van der Waals surface area contributed by atoms with Crippen LogP contribution in [0.15, 0.2) is 84.0 Å². The van der Waals surface area contributed by atoms with Gasteiger partial charge >= 0.3 is 0 Å². The Morgan fingerprint density at radius 1 is 0.935 bits per heavy atom. The van der Waals surface area contributed by atoms with E-state index in [0.29, 0.717) is 23.1 Å². The highest BCUT2D eigenvalue weighted by Gasteiger charge is 2.25. The number of hydrogen-bond acceptors (Lipinski definition) is 5. The first-order valence-corrected chi connectivity index (χ1v) is 11.0. The molecule has 154 valence electrons. The number of hydrogen-bond donors (Lipinski definition) is 1. The fraction of sp³-hybridized carbons (Fsp3) is 0.125. The lowest BCUT2D eigenvalue weighted by molar-refractivity contribution is -0.116. The number of rotatable bonds is 5. The largest absolute Gasteiger partial charge is 0.507 e. The van der Waals surface area contributed by atoms with E-state index >= 15 is 0 Å². The molecule has 0 atom stereocenters. The fourth-order valence-corrected chi connectivity index (χ4v) is 4.64. The van der Waals surface area contributed by atoms with Crippen molar-refractivity contribution in [1.82, 2.24) is 14.8 Å². The van der Waals surface area contributed by atoms with Crippen LogP contribution in [-0.4, -0.2) is 38.1 Å². The number of carbonyl (C=O) groups is 1. The second kappa shape index (κ2) is 8.28. The molecule has 6 nitrogen and oxygen atoms in total. The molecule has 4 aromatic rings. The Bertz CT molecular complexity index is 1240. The Kier molecular flexibility index (Phi) is 5.18. The van der Waals surface area contributed by atoms with Gasteiger partial charge in [0.05, 0.1) is 11.3 Å². The van der Waals surface area contributed by atoms with Gasteiger partial charge in [-0.15, -0.1) is 10.2 Å². The van der Waals surface area contributed by atoms with Crippen molar-refractivity contribution >= 4 is 23.4 Å². The minimum absolute atomic E-state index is 0.0432. The van der Waals surface area contributed by atoms with Crippen molar-refractivity contribution in [3.8, 4) is 22.8 Å². The predicted octanol–water partition coefficient (Wildman–Crippen LogP) is 4.32. The van der Waals surface area contributed by atoms with Crippen molar-refractivity contribution in [2.45, 2.75) is 11.6 Å². The van der Waals surface area contributed by atoms with Gasteiger partial charge in [0.15, 0.2) is 11.0 Å². The highest BCUT2D eigenvalue weighted by molar-refractivity contribution is 7.99. The first-order chi connectivity index (χ1) is 15.2. The van der Waals surface area contributed by atoms with Crippen LogP contribution in [-0.2, 0) is 11.2 Å². The van der Waals surface area contributed by atoms with Crippen LogP contribution >= 0.6 is 11.8 Å². The van der Waals surface area contributed by atoms with Gasteiger partial charge in [0, 0.05) is 17.9 Å². The zero-order valence-electron chi connectivity index (χ0n) is 16.7. The predicted molar refractivity (Wildman–Crippen MR) is 122 cm³/mol. The molecule has 1 amide bonds. The third-order valence-corrected chi connectivity index (χ3v) is 6.22. The minimum Gasteiger partial charge on any atom is -0.507 e. The maximum Gasteiger partial charge on any atom is 0.237 e. The Balaban J connectivity index is 1.45. The van der Waals surface area contributed by atoms with E-state index in [2.05, 4.69) is 16.3 Å². The van der Waals surface area contributed by atoms with Gasteiger partial charge in [0.2, 0.25) is 5.91 Å². The quantitative estimate of drug-likeness (QED) is 0.479. The van der Waals surface area contributed by atoms with Crippen LogP contribution < -0.4 is 4.90 Å². The van der Waals surface area contributed by atoms with Crippen LogP contribution in [0.25, 0.3) is 17.1 Å². The number of amides is 1. The van der Waals surface area contributed by atoms with E-state index in [0.717, 1.165) is 17.8 Å². The number of phenols is 1. The lowest BCUT2D eigenvalue weighted by Gasteiger charge is -2.17. The molecule has 1 aliphatic heterocycles. The first-order valence-electron chi connectivity index (χ1n) is 10.0. The van der Waals surface area contributed by atoms with Gasteiger partial charge in [0.25, 0.3) is 0 Å². The van der Waals surface area contributed by atoms with E-state index in [1.165, 1.54) is 17.3 Å². The van der Waals surface area contributed by atoms with Crippen LogP contribution in [0.1, 0.15) is 5.56 Å². The summed E-state index contributed by atoms with van der Waals surface area (Å²) >= 11 is 1.35. The number of benzene rings is 3. The number of aromatic nitrogens is 3. The maximum absolute atomic E-state index is 13.0. The second-order valence-electron chi connectivity index (χ2n) is 7.21. The Labute approximate surface area is 184 Å². The average molecular weight is 429 g/mol. The molecule has 0 saturated carbocycles. The molecule has 0 bridgehead atoms.